The average Bonchev–Trinajstić information content (AvgIpc) is 3.54. The van der Waals surface area contributed by atoms with Crippen molar-refractivity contribution in [2.75, 3.05) is 16.3 Å². The summed E-state index contributed by atoms with van der Waals surface area (Å²) in [6.45, 7) is 2.99. The molecule has 296 valence electrons. The lowest BCUT2D eigenvalue weighted by Gasteiger charge is -2.29. The normalized spacial score (nSPS) is 15.1. The maximum absolute atomic E-state index is 15.4. The summed E-state index contributed by atoms with van der Waals surface area (Å²) in [6.07, 6.45) is -3.32. The fraction of sp³-hybridized carbons (Fsp3) is 0.238. The van der Waals surface area contributed by atoms with Crippen molar-refractivity contribution in [3.05, 3.63) is 118 Å². The standard InChI is InChI=1S/C42H33F5N6O4S/c1-41(2)39(57)52(26-11-10-24(20-48)31(18-26)42(45,46)47)40(58)53(41)27-12-13-28(32(44)19-27)38(56)49-15-14-35(55)50-21-22-6-8-23(9-7-22)37-29-4-3-5-34(54)30-16-25(43)17-33(51-37)36(29)30/h6-13,16-19,51H,3-5,14-15,21H2,1-2H3,(H,49,56)(H,50,55). The molecular weight excluding hydrogens is 780 g/mol. The van der Waals surface area contributed by atoms with Gasteiger partial charge in [-0.3, -0.25) is 24.1 Å². The number of ketones is 1. The van der Waals surface area contributed by atoms with Crippen molar-refractivity contribution in [1.82, 2.24) is 15.6 Å². The van der Waals surface area contributed by atoms with Crippen LogP contribution in [0.2, 0.25) is 0 Å². The van der Waals surface area contributed by atoms with Crippen LogP contribution in [-0.2, 0) is 28.7 Å². The Hall–Kier alpha value is -6.47. The smallest absolute Gasteiger partial charge is 0.354 e. The first kappa shape index (κ1) is 39.8. The Labute approximate surface area is 333 Å². The highest BCUT2D eigenvalue weighted by Gasteiger charge is 2.51. The van der Waals surface area contributed by atoms with Gasteiger partial charge in [-0.25, -0.2) is 8.78 Å². The molecule has 2 aliphatic rings. The monoisotopic (exact) mass is 812 g/mol. The highest BCUT2D eigenvalue weighted by molar-refractivity contribution is 7.81. The van der Waals surface area contributed by atoms with Crippen LogP contribution in [0, 0.1) is 23.0 Å². The van der Waals surface area contributed by atoms with Gasteiger partial charge in [-0.2, -0.15) is 18.4 Å². The lowest BCUT2D eigenvalue weighted by molar-refractivity contribution is -0.137. The molecule has 10 nitrogen and oxygen atoms in total. The number of alkyl halides is 3. The summed E-state index contributed by atoms with van der Waals surface area (Å²) in [5, 5.41) is 15.0. The summed E-state index contributed by atoms with van der Waals surface area (Å²) < 4.78 is 70.7. The van der Waals surface area contributed by atoms with Crippen LogP contribution >= 0.6 is 12.2 Å². The maximum atomic E-state index is 15.4. The van der Waals surface area contributed by atoms with Gasteiger partial charge in [-0.15, -0.1) is 0 Å². The fourth-order valence-electron chi connectivity index (χ4n) is 7.39. The van der Waals surface area contributed by atoms with Crippen LogP contribution in [0.3, 0.4) is 0 Å². The predicted octanol–water partition coefficient (Wildman–Crippen LogP) is 7.88. The number of amides is 3. The lowest BCUT2D eigenvalue weighted by atomic mass is 9.99. The summed E-state index contributed by atoms with van der Waals surface area (Å²) in [5.41, 5.74) is 0.492. The third kappa shape index (κ3) is 7.29. The summed E-state index contributed by atoms with van der Waals surface area (Å²) in [4.78, 5) is 57.0. The highest BCUT2D eigenvalue weighted by Crippen LogP contribution is 2.40. The number of halogens is 5. The molecule has 0 spiro atoms. The Morgan fingerprint density at radius 1 is 0.948 bits per heavy atom. The van der Waals surface area contributed by atoms with Gasteiger partial charge in [0.15, 0.2) is 10.9 Å². The molecular formula is C42H33F5N6O4S. The third-order valence-electron chi connectivity index (χ3n) is 10.3. The van der Waals surface area contributed by atoms with Crippen molar-refractivity contribution < 1.29 is 41.1 Å². The molecule has 2 heterocycles. The van der Waals surface area contributed by atoms with E-state index in [1.54, 1.807) is 0 Å². The van der Waals surface area contributed by atoms with Crippen LogP contribution in [0.1, 0.15) is 76.1 Å². The van der Waals surface area contributed by atoms with E-state index >= 15 is 4.39 Å². The molecule has 5 aromatic rings. The number of aryl methyl sites for hydroxylation is 1. The number of H-pyrrole nitrogens is 1. The molecule has 16 heteroatoms. The van der Waals surface area contributed by atoms with Gasteiger partial charge in [-0.05, 0) is 104 Å². The van der Waals surface area contributed by atoms with Crippen LogP contribution in [0.4, 0.5) is 33.3 Å². The number of carbonyl (C=O) groups excluding carboxylic acids is 4. The number of nitrogens with one attached hydrogen (secondary N) is 3. The SMILES string of the molecule is CC1(C)C(=O)N(c2ccc(C#N)c(C(F)(F)F)c2)C(=S)N1c1ccc(C(=O)NCCC(=O)NCc2ccc(-c3[nH]c4cc(F)cc5c4c3CCCC5=O)cc2)c(F)c1. The Morgan fingerprint density at radius 2 is 1.67 bits per heavy atom. The Bertz CT molecular complexity index is 2600. The molecule has 0 atom stereocenters. The number of carbonyl (C=O) groups is 4. The van der Waals surface area contributed by atoms with Crippen molar-refractivity contribution in [1.29, 1.82) is 5.26 Å². The Morgan fingerprint density at radius 3 is 2.36 bits per heavy atom. The van der Waals surface area contributed by atoms with Crippen molar-refractivity contribution in [2.45, 2.75) is 57.8 Å². The van der Waals surface area contributed by atoms with Gasteiger partial charge in [0.05, 0.1) is 28.4 Å². The van der Waals surface area contributed by atoms with Crippen molar-refractivity contribution >= 4 is 63.1 Å². The molecule has 4 aromatic carbocycles. The van der Waals surface area contributed by atoms with E-state index in [0.29, 0.717) is 36.4 Å². The topological polar surface area (TPSA) is 138 Å². The molecule has 0 radical (unpaired) electrons. The van der Waals surface area contributed by atoms with Gasteiger partial charge in [-0.1, -0.05) is 24.3 Å². The van der Waals surface area contributed by atoms with Gasteiger partial charge in [0.2, 0.25) is 5.91 Å². The number of nitriles is 1. The minimum absolute atomic E-state index is 0.0596. The first-order valence-corrected chi connectivity index (χ1v) is 18.5. The zero-order valence-electron chi connectivity index (χ0n) is 30.9. The third-order valence-corrected chi connectivity index (χ3v) is 10.6. The number of hydrogen-bond acceptors (Lipinski definition) is 6. The zero-order valence-corrected chi connectivity index (χ0v) is 31.8. The average molecular weight is 813 g/mol. The van der Waals surface area contributed by atoms with Crippen LogP contribution in [0.5, 0.6) is 0 Å². The van der Waals surface area contributed by atoms with E-state index in [-0.39, 0.29) is 53.3 Å². The second kappa shape index (κ2) is 15.1. The first-order valence-electron chi connectivity index (χ1n) is 18.1. The second-order valence-corrected chi connectivity index (χ2v) is 14.8. The Balaban J connectivity index is 0.951. The molecule has 1 aliphatic carbocycles. The summed E-state index contributed by atoms with van der Waals surface area (Å²) in [5.74, 6) is -3.42. The number of Topliss-reactive ketones (excluding diaryl/α,β-unsaturated/α-hetero) is 1. The van der Waals surface area contributed by atoms with Gasteiger partial charge < -0.3 is 20.5 Å². The van der Waals surface area contributed by atoms with Crippen molar-refractivity contribution in [3.8, 4) is 17.3 Å². The number of aromatic nitrogens is 1. The number of rotatable bonds is 9. The van der Waals surface area contributed by atoms with Crippen LogP contribution in [-0.4, -0.2) is 45.7 Å². The fourth-order valence-corrected chi connectivity index (χ4v) is 7.91. The lowest BCUT2D eigenvalue weighted by Crippen LogP contribution is -2.44. The molecule has 3 amide bonds. The summed E-state index contributed by atoms with van der Waals surface area (Å²) in [6, 6.07) is 17.8. The number of anilines is 2. The quantitative estimate of drug-likeness (QED) is 0.102. The van der Waals surface area contributed by atoms with E-state index in [1.165, 1.54) is 49.1 Å². The van der Waals surface area contributed by atoms with E-state index < -0.39 is 46.3 Å². The molecule has 7 rings (SSSR count). The maximum Gasteiger partial charge on any atom is 0.417 e. The minimum Gasteiger partial charge on any atom is -0.354 e. The number of nitrogens with zero attached hydrogens (tertiary/aromatic N) is 3. The van der Waals surface area contributed by atoms with Gasteiger partial charge in [0, 0.05) is 53.8 Å². The van der Waals surface area contributed by atoms with Gasteiger partial charge >= 0.3 is 6.18 Å². The number of thiocarbonyl (C=S) groups is 1. The van der Waals surface area contributed by atoms with E-state index in [2.05, 4.69) is 15.6 Å². The van der Waals surface area contributed by atoms with E-state index in [4.69, 9.17) is 17.5 Å². The largest absolute Gasteiger partial charge is 0.417 e. The van der Waals surface area contributed by atoms with Crippen LogP contribution in [0.25, 0.3) is 22.2 Å². The van der Waals surface area contributed by atoms with Crippen molar-refractivity contribution in [3.63, 3.8) is 0 Å². The molecule has 0 bridgehead atoms. The predicted molar refractivity (Wildman–Crippen MR) is 209 cm³/mol. The van der Waals surface area contributed by atoms with Crippen molar-refractivity contribution in [2.24, 2.45) is 0 Å². The van der Waals surface area contributed by atoms with Gasteiger partial charge in [0.25, 0.3) is 11.8 Å². The molecule has 1 fully saturated rings. The van der Waals surface area contributed by atoms with Crippen LogP contribution in [0.15, 0.2) is 72.8 Å². The Kier molecular flexibility index (Phi) is 10.4. The van der Waals surface area contributed by atoms with Crippen LogP contribution < -0.4 is 20.4 Å². The number of benzene rings is 4. The molecule has 0 saturated carbocycles. The minimum atomic E-state index is -4.88. The van der Waals surface area contributed by atoms with E-state index in [0.717, 1.165) is 50.9 Å². The molecule has 3 N–H and O–H groups in total. The molecule has 1 saturated heterocycles. The molecule has 0 unspecified atom stereocenters. The summed E-state index contributed by atoms with van der Waals surface area (Å²) >= 11 is 5.50. The molecule has 1 aliphatic heterocycles. The number of aromatic amines is 1. The molecule has 1 aromatic heterocycles. The van der Waals surface area contributed by atoms with Gasteiger partial charge in [0.1, 0.15) is 17.2 Å². The van der Waals surface area contributed by atoms with E-state index in [1.807, 2.05) is 24.3 Å². The summed E-state index contributed by atoms with van der Waals surface area (Å²) in [7, 11) is 0. The first-order chi connectivity index (χ1) is 27.5. The van der Waals surface area contributed by atoms with E-state index in [9.17, 15) is 36.7 Å². The zero-order chi connectivity index (χ0) is 41.7. The second-order valence-electron chi connectivity index (χ2n) is 14.4. The molecule has 58 heavy (non-hydrogen) atoms. The number of hydrogen-bond donors (Lipinski definition) is 3. The highest BCUT2D eigenvalue weighted by atomic mass is 32.1.